The van der Waals surface area contributed by atoms with Crippen LogP contribution in [0.25, 0.3) is 0 Å². The Hall–Kier alpha value is -2.29. The molecule has 0 bridgehead atoms. The zero-order valence-electron chi connectivity index (χ0n) is 11.0. The number of carbonyl (C=O) groups excluding carboxylic acids is 1. The Morgan fingerprint density at radius 3 is 2.55 bits per heavy atom. The van der Waals surface area contributed by atoms with Crippen LogP contribution in [0, 0.1) is 0 Å². The molecule has 2 atom stereocenters. The minimum atomic E-state index is -1.02. The summed E-state index contributed by atoms with van der Waals surface area (Å²) in [4.78, 5) is 11.0. The summed E-state index contributed by atoms with van der Waals surface area (Å²) in [7, 11) is 0. The van der Waals surface area contributed by atoms with Crippen molar-refractivity contribution in [3.63, 3.8) is 0 Å². The molecule has 0 aromatic heterocycles. The van der Waals surface area contributed by atoms with Crippen molar-refractivity contribution in [2.24, 2.45) is 0 Å². The molecule has 0 saturated heterocycles. The maximum atomic E-state index is 11.0. The van der Waals surface area contributed by atoms with Crippen LogP contribution < -0.4 is 9.84 Å². The highest BCUT2D eigenvalue weighted by molar-refractivity contribution is 5.66. The molecule has 0 unspecified atom stereocenters. The van der Waals surface area contributed by atoms with Crippen LogP contribution in [0.5, 0.6) is 5.75 Å². The number of carboxylic acid groups (broad SMARTS) is 1. The predicted molar refractivity (Wildman–Crippen MR) is 73.2 cm³/mol. The van der Waals surface area contributed by atoms with Crippen LogP contribution in [-0.2, 0) is 4.79 Å². The normalized spacial score (nSPS) is 20.8. The van der Waals surface area contributed by atoms with Crippen LogP contribution in [0.4, 0.5) is 0 Å². The summed E-state index contributed by atoms with van der Waals surface area (Å²) in [6, 6.07) is 17.6. The van der Waals surface area contributed by atoms with E-state index in [2.05, 4.69) is 0 Å². The van der Waals surface area contributed by atoms with E-state index in [1.165, 1.54) is 0 Å². The van der Waals surface area contributed by atoms with Gasteiger partial charge in [0.05, 0.1) is 0 Å². The minimum absolute atomic E-state index is 0.0315. The highest BCUT2D eigenvalue weighted by Gasteiger charge is 2.28. The fraction of sp³-hybridized carbons (Fsp3) is 0.235. The fourth-order valence-electron chi connectivity index (χ4n) is 2.78. The van der Waals surface area contributed by atoms with E-state index in [9.17, 15) is 9.90 Å². The van der Waals surface area contributed by atoms with Crippen LogP contribution in [0.1, 0.15) is 36.0 Å². The van der Waals surface area contributed by atoms with Gasteiger partial charge in [-0.3, -0.25) is 0 Å². The second-order valence-corrected chi connectivity index (χ2v) is 5.06. The highest BCUT2D eigenvalue weighted by atomic mass is 16.5. The Morgan fingerprint density at radius 1 is 1.10 bits per heavy atom. The molecule has 0 radical (unpaired) electrons. The Morgan fingerprint density at radius 2 is 1.80 bits per heavy atom. The lowest BCUT2D eigenvalue weighted by atomic mass is 9.85. The van der Waals surface area contributed by atoms with Crippen LogP contribution >= 0.6 is 0 Å². The van der Waals surface area contributed by atoms with Gasteiger partial charge in [-0.05, 0) is 36.0 Å². The molecule has 0 fully saturated rings. The molecular weight excluding hydrogens is 252 g/mol. The standard InChI is InChI=1S/C17H16O3/c18-17(19)11-13-10-16(12-6-2-1-3-7-12)20-15-9-5-4-8-14(13)15/h1-9,13,16H,10-11H2,(H,18,19)/p-1/t13-,16-/m1/s1. The molecular formula is C17H15O3-. The minimum Gasteiger partial charge on any atom is -0.550 e. The zero-order valence-corrected chi connectivity index (χ0v) is 11.0. The van der Waals surface area contributed by atoms with Crippen LogP contribution in [0.2, 0.25) is 0 Å². The van der Waals surface area contributed by atoms with E-state index in [-0.39, 0.29) is 18.4 Å². The average molecular weight is 267 g/mol. The molecule has 3 rings (SSSR count). The third kappa shape index (κ3) is 2.52. The van der Waals surface area contributed by atoms with Gasteiger partial charge in [0.1, 0.15) is 11.9 Å². The second kappa shape index (κ2) is 5.37. The molecule has 1 aliphatic heterocycles. The molecule has 20 heavy (non-hydrogen) atoms. The first-order valence-corrected chi connectivity index (χ1v) is 6.74. The zero-order chi connectivity index (χ0) is 13.9. The number of ether oxygens (including phenoxy) is 1. The molecule has 3 nitrogen and oxygen atoms in total. The van der Waals surface area contributed by atoms with Crippen molar-refractivity contribution in [1.29, 1.82) is 0 Å². The molecule has 0 spiro atoms. The van der Waals surface area contributed by atoms with Gasteiger partial charge in [0.25, 0.3) is 0 Å². The lowest BCUT2D eigenvalue weighted by Crippen LogP contribution is -2.27. The van der Waals surface area contributed by atoms with Gasteiger partial charge in [0.2, 0.25) is 0 Å². The van der Waals surface area contributed by atoms with E-state index in [1.54, 1.807) is 0 Å². The lowest BCUT2D eigenvalue weighted by molar-refractivity contribution is -0.306. The second-order valence-electron chi connectivity index (χ2n) is 5.06. The Bertz CT molecular complexity index is 607. The van der Waals surface area contributed by atoms with Crippen molar-refractivity contribution in [2.45, 2.75) is 24.9 Å². The van der Waals surface area contributed by atoms with Crippen molar-refractivity contribution in [3.8, 4) is 5.75 Å². The van der Waals surface area contributed by atoms with E-state index >= 15 is 0 Å². The summed E-state index contributed by atoms with van der Waals surface area (Å²) >= 11 is 0. The van der Waals surface area contributed by atoms with Gasteiger partial charge in [0, 0.05) is 5.97 Å². The van der Waals surface area contributed by atoms with Crippen molar-refractivity contribution in [3.05, 3.63) is 65.7 Å². The molecule has 102 valence electrons. The smallest absolute Gasteiger partial charge is 0.124 e. The number of aliphatic carboxylic acids is 1. The van der Waals surface area contributed by atoms with Gasteiger partial charge in [-0.2, -0.15) is 0 Å². The lowest BCUT2D eigenvalue weighted by Gasteiger charge is -2.32. The van der Waals surface area contributed by atoms with Crippen molar-refractivity contribution >= 4 is 5.97 Å². The Balaban J connectivity index is 1.94. The SMILES string of the molecule is O=C([O-])C[C@H]1C[C@H](c2ccccc2)Oc2ccccc21. The number of benzene rings is 2. The molecule has 1 aliphatic rings. The summed E-state index contributed by atoms with van der Waals surface area (Å²) < 4.78 is 6.02. The topological polar surface area (TPSA) is 49.4 Å². The first-order chi connectivity index (χ1) is 9.74. The number of carbonyl (C=O) groups is 1. The number of para-hydroxylation sites is 1. The molecule has 0 aliphatic carbocycles. The van der Waals surface area contributed by atoms with E-state index in [4.69, 9.17) is 4.74 Å². The molecule has 0 N–H and O–H groups in total. The Labute approximate surface area is 117 Å². The van der Waals surface area contributed by atoms with Crippen LogP contribution in [0.15, 0.2) is 54.6 Å². The number of fused-ring (bicyclic) bond motifs is 1. The van der Waals surface area contributed by atoms with E-state index < -0.39 is 5.97 Å². The third-order valence-corrected chi connectivity index (χ3v) is 3.71. The van der Waals surface area contributed by atoms with Gasteiger partial charge in [-0.1, -0.05) is 48.5 Å². The van der Waals surface area contributed by atoms with Crippen molar-refractivity contribution in [2.75, 3.05) is 0 Å². The molecule has 0 saturated carbocycles. The summed E-state index contributed by atoms with van der Waals surface area (Å²) in [6.45, 7) is 0. The monoisotopic (exact) mass is 267 g/mol. The predicted octanol–water partition coefficient (Wildman–Crippen LogP) is 2.43. The maximum absolute atomic E-state index is 11.0. The van der Waals surface area contributed by atoms with Crippen molar-refractivity contribution < 1.29 is 14.6 Å². The number of hydrogen-bond donors (Lipinski definition) is 0. The summed E-state index contributed by atoms with van der Waals surface area (Å²) in [5.74, 6) is -0.299. The average Bonchev–Trinajstić information content (AvgIpc) is 2.47. The quantitative estimate of drug-likeness (QED) is 0.858. The summed E-state index contributed by atoms with van der Waals surface area (Å²) in [5, 5.41) is 11.0. The van der Waals surface area contributed by atoms with E-state index in [0.29, 0.717) is 6.42 Å². The van der Waals surface area contributed by atoms with Gasteiger partial charge >= 0.3 is 0 Å². The number of carboxylic acids is 1. The largest absolute Gasteiger partial charge is 0.550 e. The molecule has 3 heteroatoms. The molecule has 0 amide bonds. The first-order valence-electron chi connectivity index (χ1n) is 6.74. The molecule has 2 aromatic carbocycles. The third-order valence-electron chi connectivity index (χ3n) is 3.71. The highest BCUT2D eigenvalue weighted by Crippen LogP contribution is 2.43. The summed E-state index contributed by atoms with van der Waals surface area (Å²) in [5.41, 5.74) is 2.04. The van der Waals surface area contributed by atoms with Crippen LogP contribution in [0.3, 0.4) is 0 Å². The van der Waals surface area contributed by atoms with E-state index in [1.807, 2.05) is 54.6 Å². The van der Waals surface area contributed by atoms with Gasteiger partial charge < -0.3 is 14.6 Å². The van der Waals surface area contributed by atoms with E-state index in [0.717, 1.165) is 16.9 Å². The Kier molecular flexibility index (Phi) is 3.42. The van der Waals surface area contributed by atoms with Gasteiger partial charge in [0.15, 0.2) is 0 Å². The maximum Gasteiger partial charge on any atom is 0.124 e. The summed E-state index contributed by atoms with van der Waals surface area (Å²) in [6.07, 6.45) is 0.592. The first kappa shape index (κ1) is 12.7. The van der Waals surface area contributed by atoms with Gasteiger partial charge in [-0.15, -0.1) is 0 Å². The number of hydrogen-bond acceptors (Lipinski definition) is 3. The molecule has 2 aromatic rings. The fourth-order valence-corrected chi connectivity index (χ4v) is 2.78. The van der Waals surface area contributed by atoms with Crippen molar-refractivity contribution in [1.82, 2.24) is 0 Å². The van der Waals surface area contributed by atoms with Crippen LogP contribution in [-0.4, -0.2) is 5.97 Å². The number of rotatable bonds is 3. The molecule has 1 heterocycles. The van der Waals surface area contributed by atoms with Gasteiger partial charge in [-0.25, -0.2) is 0 Å².